The number of nitrogens with zero attached hydrogens (tertiary/aromatic N) is 2. The maximum atomic E-state index is 13.4. The Morgan fingerprint density at radius 2 is 1.85 bits per heavy atom. The van der Waals surface area contributed by atoms with Crippen LogP contribution in [-0.2, 0) is 26.0 Å². The molecule has 0 radical (unpaired) electrons. The van der Waals surface area contributed by atoms with E-state index in [1.165, 1.54) is 22.5 Å². The molecular formula is C25H28FN3O4S. The first kappa shape index (κ1) is 23.0. The summed E-state index contributed by atoms with van der Waals surface area (Å²) in [7, 11) is -3.80. The van der Waals surface area contributed by atoms with Crippen LogP contribution < -0.4 is 10.2 Å². The molecule has 3 aliphatic rings. The highest BCUT2D eigenvalue weighted by Crippen LogP contribution is 2.40. The van der Waals surface area contributed by atoms with E-state index in [-0.39, 0.29) is 35.2 Å². The van der Waals surface area contributed by atoms with Gasteiger partial charge in [0.15, 0.2) is 0 Å². The number of halogens is 1. The van der Waals surface area contributed by atoms with Crippen LogP contribution in [0, 0.1) is 17.7 Å². The zero-order chi connectivity index (χ0) is 24.0. The summed E-state index contributed by atoms with van der Waals surface area (Å²) in [6.45, 7) is 2.40. The largest absolute Gasteiger partial charge is 0.326 e. The Balaban J connectivity index is 1.32. The topological polar surface area (TPSA) is 86.8 Å². The lowest BCUT2D eigenvalue weighted by atomic mass is 9.99. The molecule has 7 nitrogen and oxygen atoms in total. The van der Waals surface area contributed by atoms with Crippen molar-refractivity contribution in [2.45, 2.75) is 50.0 Å². The Hall–Kier alpha value is -2.78. The molecule has 5 rings (SSSR count). The first-order valence-corrected chi connectivity index (χ1v) is 13.2. The minimum Gasteiger partial charge on any atom is -0.326 e. The summed E-state index contributed by atoms with van der Waals surface area (Å²) in [5.41, 5.74) is 2.01. The van der Waals surface area contributed by atoms with E-state index in [4.69, 9.17) is 0 Å². The third-order valence-electron chi connectivity index (χ3n) is 6.92. The third-order valence-corrected chi connectivity index (χ3v) is 8.78. The second-order valence-electron chi connectivity index (χ2n) is 9.53. The van der Waals surface area contributed by atoms with E-state index in [1.54, 1.807) is 24.3 Å². The monoisotopic (exact) mass is 485 g/mol. The summed E-state index contributed by atoms with van der Waals surface area (Å²) in [4.78, 5) is 27.4. The number of sulfonamides is 1. The fourth-order valence-electron chi connectivity index (χ4n) is 4.97. The fraction of sp³-hybridized carbons (Fsp3) is 0.440. The van der Waals surface area contributed by atoms with E-state index in [9.17, 15) is 22.4 Å². The van der Waals surface area contributed by atoms with Crippen LogP contribution in [0.5, 0.6) is 0 Å². The second kappa shape index (κ2) is 8.78. The number of amides is 2. The van der Waals surface area contributed by atoms with Gasteiger partial charge in [0.1, 0.15) is 5.82 Å². The van der Waals surface area contributed by atoms with E-state index in [0.717, 1.165) is 24.1 Å². The van der Waals surface area contributed by atoms with E-state index in [0.29, 0.717) is 31.5 Å². The van der Waals surface area contributed by atoms with Gasteiger partial charge in [0, 0.05) is 36.4 Å². The van der Waals surface area contributed by atoms with Crippen LogP contribution in [0.2, 0.25) is 0 Å². The summed E-state index contributed by atoms with van der Waals surface area (Å²) in [6.07, 6.45) is 3.59. The predicted octanol–water partition coefficient (Wildman–Crippen LogP) is 3.55. The standard InChI is InChI=1S/C25H28FN3O4S/c1-16-12-19-13-22(9-10-23(19)29(16)25(31)17-7-8-17)34(32,33)28-11-3-4-18(15-28)24(30)27-21-6-2-5-20(26)14-21/h2,5-6,9-10,13-14,16-18H,3-4,7-8,11-12,15H2,1H3,(H,27,30)/t16-,18-/m0/s1. The zero-order valence-corrected chi connectivity index (χ0v) is 19.9. The molecular weight excluding hydrogens is 457 g/mol. The molecule has 1 aliphatic carbocycles. The molecule has 0 aromatic heterocycles. The molecule has 0 spiro atoms. The van der Waals surface area contributed by atoms with Gasteiger partial charge in [0.05, 0.1) is 10.8 Å². The Kier molecular flexibility index (Phi) is 5.93. The summed E-state index contributed by atoms with van der Waals surface area (Å²) < 4.78 is 41.7. The smallest absolute Gasteiger partial charge is 0.243 e. The molecule has 9 heteroatoms. The number of hydrogen-bond acceptors (Lipinski definition) is 4. The van der Waals surface area contributed by atoms with E-state index in [1.807, 2.05) is 11.8 Å². The first-order valence-electron chi connectivity index (χ1n) is 11.8. The highest BCUT2D eigenvalue weighted by molar-refractivity contribution is 7.89. The minimum absolute atomic E-state index is 0.00643. The second-order valence-corrected chi connectivity index (χ2v) is 11.5. The van der Waals surface area contributed by atoms with Crippen molar-refractivity contribution >= 4 is 33.2 Å². The number of rotatable bonds is 5. The molecule has 34 heavy (non-hydrogen) atoms. The lowest BCUT2D eigenvalue weighted by molar-refractivity contribution is -0.121. The van der Waals surface area contributed by atoms with Gasteiger partial charge < -0.3 is 10.2 Å². The molecule has 2 heterocycles. The van der Waals surface area contributed by atoms with Crippen LogP contribution >= 0.6 is 0 Å². The van der Waals surface area contributed by atoms with Gasteiger partial charge in [-0.2, -0.15) is 4.31 Å². The number of nitrogens with one attached hydrogen (secondary N) is 1. The van der Waals surface area contributed by atoms with Crippen molar-refractivity contribution in [3.8, 4) is 0 Å². The fourth-order valence-corrected chi connectivity index (χ4v) is 6.54. The minimum atomic E-state index is -3.80. The third kappa shape index (κ3) is 4.34. The number of piperidine rings is 1. The number of carbonyl (C=O) groups is 2. The van der Waals surface area contributed by atoms with Crippen LogP contribution in [0.15, 0.2) is 47.4 Å². The summed E-state index contributed by atoms with van der Waals surface area (Å²) in [5, 5.41) is 2.69. The Morgan fingerprint density at radius 3 is 2.59 bits per heavy atom. The van der Waals surface area contributed by atoms with Gasteiger partial charge in [-0.3, -0.25) is 9.59 Å². The van der Waals surface area contributed by atoms with Gasteiger partial charge in [0.2, 0.25) is 21.8 Å². The molecule has 0 unspecified atom stereocenters. The molecule has 2 amide bonds. The van der Waals surface area contributed by atoms with Gasteiger partial charge in [0.25, 0.3) is 0 Å². The van der Waals surface area contributed by atoms with Crippen molar-refractivity contribution in [2.24, 2.45) is 11.8 Å². The molecule has 1 saturated heterocycles. The van der Waals surface area contributed by atoms with Gasteiger partial charge in [-0.25, -0.2) is 12.8 Å². The van der Waals surface area contributed by atoms with Crippen LogP contribution in [0.3, 0.4) is 0 Å². The van der Waals surface area contributed by atoms with Crippen molar-refractivity contribution < 1.29 is 22.4 Å². The van der Waals surface area contributed by atoms with E-state index >= 15 is 0 Å². The number of benzene rings is 2. The van der Waals surface area contributed by atoms with Crippen molar-refractivity contribution in [1.29, 1.82) is 0 Å². The molecule has 1 saturated carbocycles. The van der Waals surface area contributed by atoms with E-state index < -0.39 is 21.8 Å². The molecule has 2 aliphatic heterocycles. The van der Waals surface area contributed by atoms with Crippen LogP contribution in [0.4, 0.5) is 15.8 Å². The normalized spacial score (nSPS) is 22.9. The van der Waals surface area contributed by atoms with Gasteiger partial charge in [-0.15, -0.1) is 0 Å². The number of anilines is 2. The highest BCUT2D eigenvalue weighted by Gasteiger charge is 2.40. The van der Waals surface area contributed by atoms with Gasteiger partial charge >= 0.3 is 0 Å². The number of hydrogen-bond donors (Lipinski definition) is 1. The Labute approximate surface area is 199 Å². The zero-order valence-electron chi connectivity index (χ0n) is 19.0. The van der Waals surface area contributed by atoms with Crippen LogP contribution in [0.1, 0.15) is 38.2 Å². The molecule has 0 bridgehead atoms. The molecule has 2 aromatic rings. The Morgan fingerprint density at radius 1 is 1.06 bits per heavy atom. The molecule has 2 aromatic carbocycles. The van der Waals surface area contributed by atoms with Crippen LogP contribution in [-0.4, -0.2) is 43.7 Å². The van der Waals surface area contributed by atoms with Crippen molar-refractivity contribution in [2.75, 3.05) is 23.3 Å². The van der Waals surface area contributed by atoms with Gasteiger partial charge in [-0.05, 0) is 81.0 Å². The SMILES string of the molecule is C[C@H]1Cc2cc(S(=O)(=O)N3CCC[C@H](C(=O)Nc4cccc(F)c4)C3)ccc2N1C(=O)C1CC1. The Bertz CT molecular complexity index is 1240. The summed E-state index contributed by atoms with van der Waals surface area (Å²) >= 11 is 0. The molecule has 2 atom stereocenters. The van der Waals surface area contributed by atoms with Gasteiger partial charge in [-0.1, -0.05) is 6.07 Å². The maximum absolute atomic E-state index is 13.4. The summed E-state index contributed by atoms with van der Waals surface area (Å²) in [6, 6.07) is 10.6. The van der Waals surface area contributed by atoms with Crippen molar-refractivity contribution in [3.63, 3.8) is 0 Å². The van der Waals surface area contributed by atoms with Crippen molar-refractivity contribution in [1.82, 2.24) is 4.31 Å². The lowest BCUT2D eigenvalue weighted by Gasteiger charge is -2.31. The number of carbonyl (C=O) groups excluding carboxylic acids is 2. The average Bonchev–Trinajstić information content (AvgIpc) is 3.60. The van der Waals surface area contributed by atoms with E-state index in [2.05, 4.69) is 5.32 Å². The quantitative estimate of drug-likeness (QED) is 0.702. The average molecular weight is 486 g/mol. The summed E-state index contributed by atoms with van der Waals surface area (Å²) in [5.74, 6) is -1.06. The molecule has 2 fully saturated rings. The molecule has 180 valence electrons. The first-order chi connectivity index (χ1) is 16.2. The number of fused-ring (bicyclic) bond motifs is 1. The predicted molar refractivity (Wildman–Crippen MR) is 126 cm³/mol. The molecule has 1 N–H and O–H groups in total. The highest BCUT2D eigenvalue weighted by atomic mass is 32.2. The van der Waals surface area contributed by atoms with Crippen molar-refractivity contribution in [3.05, 3.63) is 53.8 Å². The maximum Gasteiger partial charge on any atom is 0.243 e. The van der Waals surface area contributed by atoms with Crippen LogP contribution in [0.25, 0.3) is 0 Å². The lowest BCUT2D eigenvalue weighted by Crippen LogP contribution is -2.43.